The zero-order valence-electron chi connectivity index (χ0n) is 9.21. The normalized spacial score (nSPS) is 11.4. The Morgan fingerprint density at radius 3 is 2.65 bits per heavy atom. The zero-order valence-corrected chi connectivity index (χ0v) is 9.21. The quantitative estimate of drug-likeness (QED) is 0.878. The van der Waals surface area contributed by atoms with Crippen molar-refractivity contribution >= 4 is 6.09 Å². The Hall–Kier alpha value is -1.80. The van der Waals surface area contributed by atoms with Crippen molar-refractivity contribution in [2.24, 2.45) is 0 Å². The molecule has 0 fully saturated rings. The summed E-state index contributed by atoms with van der Waals surface area (Å²) in [5, 5.41) is 6.29. The maximum Gasteiger partial charge on any atom is 0.422 e. The lowest BCUT2D eigenvalue weighted by atomic mass is 10.5. The van der Waals surface area contributed by atoms with E-state index in [4.69, 9.17) is 0 Å². The lowest BCUT2D eigenvalue weighted by Gasteiger charge is -2.15. The molecule has 0 aromatic carbocycles. The number of carbonyl (C=O) groups is 1. The number of carbonyl (C=O) groups excluding carboxylic acids is 1. The molecule has 0 bridgehead atoms. The lowest BCUT2D eigenvalue weighted by Crippen LogP contribution is -2.31. The molecule has 0 aliphatic rings. The molecular weight excluding hydrogens is 241 g/mol. The number of halogens is 3. The summed E-state index contributed by atoms with van der Waals surface area (Å²) in [6, 6.07) is 0. The number of hydrogen-bond acceptors (Lipinski definition) is 4. The fourth-order valence-electron chi connectivity index (χ4n) is 0.990. The standard InChI is InChI=1S/C8H11F3N4O2/c1-5-12-6(14-13-5)3-15(2)7(16)17-4-8(9,10)11/h3-4H2,1-2H3,(H,12,13,14). The average Bonchev–Trinajstić information content (AvgIpc) is 2.59. The van der Waals surface area contributed by atoms with Gasteiger partial charge in [0.05, 0.1) is 6.54 Å². The highest BCUT2D eigenvalue weighted by atomic mass is 19.4. The summed E-state index contributed by atoms with van der Waals surface area (Å²) in [7, 11) is 1.30. The molecule has 1 aromatic rings. The molecule has 0 unspecified atom stereocenters. The van der Waals surface area contributed by atoms with Gasteiger partial charge in [-0.2, -0.15) is 18.3 Å². The molecule has 0 radical (unpaired) electrons. The van der Waals surface area contributed by atoms with Crippen molar-refractivity contribution in [2.45, 2.75) is 19.6 Å². The molecule has 1 heterocycles. The molecule has 0 atom stereocenters. The van der Waals surface area contributed by atoms with Crippen LogP contribution in [0.3, 0.4) is 0 Å². The van der Waals surface area contributed by atoms with Gasteiger partial charge in [0, 0.05) is 7.05 Å². The topological polar surface area (TPSA) is 71.1 Å². The second-order valence-electron chi connectivity index (χ2n) is 3.36. The van der Waals surface area contributed by atoms with Crippen LogP contribution in [0.5, 0.6) is 0 Å². The molecule has 0 saturated carbocycles. The Morgan fingerprint density at radius 1 is 1.53 bits per heavy atom. The lowest BCUT2D eigenvalue weighted by molar-refractivity contribution is -0.162. The molecule has 0 aliphatic heterocycles. The third-order valence-electron chi connectivity index (χ3n) is 1.69. The molecule has 0 spiro atoms. The van der Waals surface area contributed by atoms with Gasteiger partial charge in [-0.25, -0.2) is 9.78 Å². The molecule has 96 valence electrons. The van der Waals surface area contributed by atoms with E-state index in [2.05, 4.69) is 19.9 Å². The summed E-state index contributed by atoms with van der Waals surface area (Å²) >= 11 is 0. The molecule has 0 saturated heterocycles. The van der Waals surface area contributed by atoms with Crippen LogP contribution in [0, 0.1) is 6.92 Å². The monoisotopic (exact) mass is 252 g/mol. The molecular formula is C8H11F3N4O2. The van der Waals surface area contributed by atoms with Crippen molar-refractivity contribution in [2.75, 3.05) is 13.7 Å². The maximum absolute atomic E-state index is 11.8. The minimum atomic E-state index is -4.53. The summed E-state index contributed by atoms with van der Waals surface area (Å²) in [6.07, 6.45) is -5.61. The number of nitrogens with zero attached hydrogens (tertiary/aromatic N) is 3. The summed E-state index contributed by atoms with van der Waals surface area (Å²) in [5.74, 6) is 0.853. The Bertz CT molecular complexity index is 390. The van der Waals surface area contributed by atoms with Gasteiger partial charge < -0.3 is 9.64 Å². The summed E-state index contributed by atoms with van der Waals surface area (Å²) in [6.45, 7) is 0.0305. The Morgan fingerprint density at radius 2 is 2.18 bits per heavy atom. The number of H-pyrrole nitrogens is 1. The Balaban J connectivity index is 2.42. The van der Waals surface area contributed by atoms with Crippen LogP contribution in [0.2, 0.25) is 0 Å². The first kappa shape index (κ1) is 13.3. The van der Waals surface area contributed by atoms with Crippen molar-refractivity contribution in [1.82, 2.24) is 20.1 Å². The summed E-state index contributed by atoms with van der Waals surface area (Å²) < 4.78 is 39.4. The van der Waals surface area contributed by atoms with E-state index in [-0.39, 0.29) is 6.54 Å². The van der Waals surface area contributed by atoms with E-state index in [1.807, 2.05) is 0 Å². The van der Waals surface area contributed by atoms with Crippen LogP contribution in [0.15, 0.2) is 0 Å². The fraction of sp³-hybridized carbons (Fsp3) is 0.625. The van der Waals surface area contributed by atoms with Gasteiger partial charge in [-0.1, -0.05) is 0 Å². The summed E-state index contributed by atoms with van der Waals surface area (Å²) in [5.41, 5.74) is 0. The molecule has 6 nitrogen and oxygen atoms in total. The van der Waals surface area contributed by atoms with Crippen molar-refractivity contribution in [1.29, 1.82) is 0 Å². The van der Waals surface area contributed by atoms with Crippen molar-refractivity contribution < 1.29 is 22.7 Å². The molecule has 1 N–H and O–H groups in total. The number of aryl methyl sites for hydroxylation is 1. The minimum Gasteiger partial charge on any atom is -0.440 e. The highest BCUT2D eigenvalue weighted by Crippen LogP contribution is 2.15. The van der Waals surface area contributed by atoms with Crippen LogP contribution in [-0.2, 0) is 11.3 Å². The number of rotatable bonds is 3. The number of ether oxygens (including phenoxy) is 1. The van der Waals surface area contributed by atoms with Crippen LogP contribution in [-0.4, -0.2) is 46.0 Å². The van der Waals surface area contributed by atoms with Crippen LogP contribution in [0.1, 0.15) is 11.6 Å². The Labute approximate surface area is 94.8 Å². The predicted octanol–water partition coefficient (Wildman–Crippen LogP) is 1.24. The molecule has 1 amide bonds. The molecule has 0 aliphatic carbocycles. The van der Waals surface area contributed by atoms with Crippen LogP contribution in [0.25, 0.3) is 0 Å². The van der Waals surface area contributed by atoms with Gasteiger partial charge in [0.25, 0.3) is 0 Å². The number of amides is 1. The first-order chi connectivity index (χ1) is 7.78. The minimum absolute atomic E-state index is 0.0268. The number of aromatic nitrogens is 3. The summed E-state index contributed by atoms with van der Waals surface area (Å²) in [4.78, 5) is 16.0. The second kappa shape index (κ2) is 5.02. The van der Waals surface area contributed by atoms with Gasteiger partial charge in [-0.05, 0) is 6.92 Å². The van der Waals surface area contributed by atoms with E-state index in [0.717, 1.165) is 4.90 Å². The van der Waals surface area contributed by atoms with Gasteiger partial charge in [0.2, 0.25) is 0 Å². The van der Waals surface area contributed by atoms with Gasteiger partial charge in [-0.15, -0.1) is 0 Å². The van der Waals surface area contributed by atoms with Crippen LogP contribution >= 0.6 is 0 Å². The van der Waals surface area contributed by atoms with Crippen molar-refractivity contribution in [3.63, 3.8) is 0 Å². The van der Waals surface area contributed by atoms with Gasteiger partial charge in [0.15, 0.2) is 12.4 Å². The fourth-order valence-corrected chi connectivity index (χ4v) is 0.990. The van der Waals surface area contributed by atoms with Gasteiger partial charge in [-0.3, -0.25) is 5.10 Å². The molecule has 9 heteroatoms. The maximum atomic E-state index is 11.8. The first-order valence-electron chi connectivity index (χ1n) is 4.60. The van der Waals surface area contributed by atoms with E-state index in [9.17, 15) is 18.0 Å². The van der Waals surface area contributed by atoms with Gasteiger partial charge in [0.1, 0.15) is 5.82 Å². The second-order valence-corrected chi connectivity index (χ2v) is 3.36. The zero-order chi connectivity index (χ0) is 13.1. The molecule has 17 heavy (non-hydrogen) atoms. The van der Waals surface area contributed by atoms with E-state index >= 15 is 0 Å². The predicted molar refractivity (Wildman–Crippen MR) is 50.0 cm³/mol. The van der Waals surface area contributed by atoms with Crippen molar-refractivity contribution in [3.8, 4) is 0 Å². The number of aromatic amines is 1. The van der Waals surface area contributed by atoms with Gasteiger partial charge >= 0.3 is 12.3 Å². The van der Waals surface area contributed by atoms with Crippen LogP contribution in [0.4, 0.5) is 18.0 Å². The van der Waals surface area contributed by atoms with Crippen molar-refractivity contribution in [3.05, 3.63) is 11.6 Å². The molecule has 1 rings (SSSR count). The number of hydrogen-bond donors (Lipinski definition) is 1. The Kier molecular flexibility index (Phi) is 3.92. The van der Waals surface area contributed by atoms with E-state index in [1.165, 1.54) is 7.05 Å². The average molecular weight is 252 g/mol. The SMILES string of the molecule is Cc1nc(CN(C)C(=O)OCC(F)(F)F)n[nH]1. The smallest absolute Gasteiger partial charge is 0.422 e. The largest absolute Gasteiger partial charge is 0.440 e. The highest BCUT2D eigenvalue weighted by Gasteiger charge is 2.30. The number of alkyl halides is 3. The third-order valence-corrected chi connectivity index (χ3v) is 1.69. The van der Waals surface area contributed by atoms with Crippen LogP contribution < -0.4 is 0 Å². The van der Waals surface area contributed by atoms with E-state index in [0.29, 0.717) is 11.6 Å². The third kappa shape index (κ3) is 4.70. The molecule has 1 aromatic heterocycles. The van der Waals surface area contributed by atoms with E-state index < -0.39 is 18.9 Å². The van der Waals surface area contributed by atoms with E-state index in [1.54, 1.807) is 6.92 Å². The highest BCUT2D eigenvalue weighted by molar-refractivity contribution is 5.67. The number of nitrogens with one attached hydrogen (secondary N) is 1. The first-order valence-corrected chi connectivity index (χ1v) is 4.60.